The van der Waals surface area contributed by atoms with Crippen molar-refractivity contribution >= 4 is 47.4 Å². The van der Waals surface area contributed by atoms with Crippen molar-refractivity contribution in [2.45, 2.75) is 13.5 Å². The molecule has 0 aliphatic heterocycles. The molecule has 0 atom stereocenters. The molecule has 2 aromatic rings. The molecule has 1 heterocycles. The number of carbonyl (C=O) groups excluding carboxylic acids is 1. The fourth-order valence-corrected chi connectivity index (χ4v) is 2.46. The summed E-state index contributed by atoms with van der Waals surface area (Å²) in [6.07, 6.45) is 3.18. The molecule has 8 heteroatoms. The van der Waals surface area contributed by atoms with Gasteiger partial charge in [0.1, 0.15) is 0 Å². The second-order valence-corrected chi connectivity index (χ2v) is 6.15. The van der Waals surface area contributed by atoms with Crippen molar-refractivity contribution in [3.63, 3.8) is 0 Å². The van der Waals surface area contributed by atoms with Gasteiger partial charge in [-0.1, -0.05) is 23.7 Å². The van der Waals surface area contributed by atoms with Crippen molar-refractivity contribution in [1.29, 1.82) is 0 Å². The number of pyridine rings is 1. The molecule has 0 bridgehead atoms. The molecule has 0 unspecified atom stereocenters. The minimum atomic E-state index is -0.146. The van der Waals surface area contributed by atoms with Gasteiger partial charge in [0.05, 0.1) is 12.1 Å². The Morgan fingerprint density at radius 1 is 1.22 bits per heavy atom. The summed E-state index contributed by atoms with van der Waals surface area (Å²) in [5, 5.41) is 6.83. The summed E-state index contributed by atoms with van der Waals surface area (Å²) in [5.41, 5.74) is 1.69. The number of aliphatic imine (C=N–C) groups is 1. The Morgan fingerprint density at radius 3 is 2.59 bits per heavy atom. The number of amides is 1. The molecule has 1 amide bonds. The number of rotatable bonds is 7. The lowest BCUT2D eigenvalue weighted by Crippen LogP contribution is -2.39. The van der Waals surface area contributed by atoms with E-state index in [1.165, 1.54) is 0 Å². The molecule has 27 heavy (non-hydrogen) atoms. The van der Waals surface area contributed by atoms with Gasteiger partial charge in [-0.2, -0.15) is 0 Å². The summed E-state index contributed by atoms with van der Waals surface area (Å²) in [7, 11) is 1.98. The highest BCUT2D eigenvalue weighted by Crippen LogP contribution is 2.11. The maximum absolute atomic E-state index is 12.0. The van der Waals surface area contributed by atoms with E-state index in [1.54, 1.807) is 24.5 Å². The highest BCUT2D eigenvalue weighted by Gasteiger charge is 2.07. The van der Waals surface area contributed by atoms with Crippen LogP contribution in [0.5, 0.6) is 0 Å². The van der Waals surface area contributed by atoms with Gasteiger partial charge >= 0.3 is 0 Å². The first kappa shape index (κ1) is 23.2. The average Bonchev–Trinajstić information content (AvgIpc) is 2.66. The molecule has 0 saturated carbocycles. The summed E-state index contributed by atoms with van der Waals surface area (Å²) < 4.78 is 0. The van der Waals surface area contributed by atoms with E-state index in [-0.39, 0.29) is 29.9 Å². The van der Waals surface area contributed by atoms with Gasteiger partial charge in [0, 0.05) is 44.1 Å². The molecule has 2 N–H and O–H groups in total. The molecule has 146 valence electrons. The molecule has 6 nitrogen and oxygen atoms in total. The van der Waals surface area contributed by atoms with Crippen LogP contribution in [0.1, 0.15) is 22.8 Å². The third-order valence-electron chi connectivity index (χ3n) is 3.61. The zero-order chi connectivity index (χ0) is 18.8. The van der Waals surface area contributed by atoms with E-state index < -0.39 is 0 Å². The van der Waals surface area contributed by atoms with Gasteiger partial charge in [-0.15, -0.1) is 24.0 Å². The number of carbonyl (C=O) groups is 1. The van der Waals surface area contributed by atoms with Gasteiger partial charge in [0.15, 0.2) is 5.96 Å². The fourth-order valence-electron chi connectivity index (χ4n) is 2.34. The van der Waals surface area contributed by atoms with E-state index in [0.29, 0.717) is 25.2 Å². The van der Waals surface area contributed by atoms with Crippen molar-refractivity contribution in [1.82, 2.24) is 20.5 Å². The summed E-state index contributed by atoms with van der Waals surface area (Å²) in [6.45, 7) is 4.45. The SMILES string of the molecule is CCNC(=NCCNC(=O)c1cccnc1)N(C)Cc1ccc(Cl)cc1.I. The second kappa shape index (κ2) is 12.5. The Kier molecular flexibility index (Phi) is 10.7. The molecule has 0 spiro atoms. The number of hydrogen-bond donors (Lipinski definition) is 2. The van der Waals surface area contributed by atoms with E-state index in [0.717, 1.165) is 23.1 Å². The van der Waals surface area contributed by atoms with Crippen molar-refractivity contribution in [2.24, 2.45) is 4.99 Å². The standard InChI is InChI=1S/C19H24ClN5O.HI/c1-3-22-19(25(2)14-15-6-8-17(20)9-7-15)24-12-11-23-18(26)16-5-4-10-21-13-16;/h4-10,13H,3,11-12,14H2,1-2H3,(H,22,24)(H,23,26);1H. The van der Waals surface area contributed by atoms with Crippen LogP contribution in [0.2, 0.25) is 5.02 Å². The number of benzene rings is 1. The van der Waals surface area contributed by atoms with Crippen molar-refractivity contribution in [2.75, 3.05) is 26.7 Å². The highest BCUT2D eigenvalue weighted by atomic mass is 127. The van der Waals surface area contributed by atoms with Crippen LogP contribution in [0.15, 0.2) is 53.8 Å². The monoisotopic (exact) mass is 501 g/mol. The van der Waals surface area contributed by atoms with Crippen molar-refractivity contribution in [3.8, 4) is 0 Å². The number of hydrogen-bond acceptors (Lipinski definition) is 3. The molecular formula is C19H25ClIN5O. The summed E-state index contributed by atoms with van der Waals surface area (Å²) >= 11 is 5.93. The summed E-state index contributed by atoms with van der Waals surface area (Å²) in [5.74, 6) is 0.644. The molecule has 1 aromatic carbocycles. The highest BCUT2D eigenvalue weighted by molar-refractivity contribution is 14.0. The normalized spacial score (nSPS) is 10.7. The predicted molar refractivity (Wildman–Crippen MR) is 121 cm³/mol. The topological polar surface area (TPSA) is 69.6 Å². The quantitative estimate of drug-likeness (QED) is 0.265. The Balaban J connectivity index is 0.00000364. The maximum Gasteiger partial charge on any atom is 0.252 e. The summed E-state index contributed by atoms with van der Waals surface area (Å²) in [6, 6.07) is 11.2. The van der Waals surface area contributed by atoms with Crippen LogP contribution in [-0.2, 0) is 6.54 Å². The van der Waals surface area contributed by atoms with E-state index in [4.69, 9.17) is 11.6 Å². The van der Waals surface area contributed by atoms with Gasteiger partial charge in [-0.3, -0.25) is 14.8 Å². The molecule has 0 radical (unpaired) electrons. The Hall–Kier alpha value is -1.87. The van der Waals surface area contributed by atoms with Crippen LogP contribution in [-0.4, -0.2) is 48.4 Å². The van der Waals surface area contributed by atoms with Gasteiger partial charge in [-0.25, -0.2) is 0 Å². The molecule has 0 aliphatic carbocycles. The van der Waals surface area contributed by atoms with Crippen molar-refractivity contribution in [3.05, 3.63) is 64.9 Å². The average molecular weight is 502 g/mol. The Bertz CT molecular complexity index is 725. The molecular weight excluding hydrogens is 477 g/mol. The third-order valence-corrected chi connectivity index (χ3v) is 3.86. The molecule has 0 aliphatic rings. The first-order valence-corrected chi connectivity index (χ1v) is 8.90. The van der Waals surface area contributed by atoms with Gasteiger partial charge in [0.2, 0.25) is 0 Å². The van der Waals surface area contributed by atoms with E-state index in [1.807, 2.05) is 43.1 Å². The minimum Gasteiger partial charge on any atom is -0.357 e. The van der Waals surface area contributed by atoms with E-state index in [2.05, 4.69) is 20.6 Å². The van der Waals surface area contributed by atoms with Crippen LogP contribution in [0.3, 0.4) is 0 Å². The van der Waals surface area contributed by atoms with Crippen LogP contribution in [0.4, 0.5) is 0 Å². The maximum atomic E-state index is 12.0. The van der Waals surface area contributed by atoms with Crippen LogP contribution in [0.25, 0.3) is 0 Å². The first-order chi connectivity index (χ1) is 12.6. The van der Waals surface area contributed by atoms with E-state index in [9.17, 15) is 4.79 Å². The van der Waals surface area contributed by atoms with Crippen LogP contribution < -0.4 is 10.6 Å². The number of guanidine groups is 1. The van der Waals surface area contributed by atoms with Gasteiger partial charge in [0.25, 0.3) is 5.91 Å². The Morgan fingerprint density at radius 2 is 1.96 bits per heavy atom. The lowest BCUT2D eigenvalue weighted by atomic mass is 10.2. The minimum absolute atomic E-state index is 0. The largest absolute Gasteiger partial charge is 0.357 e. The lowest BCUT2D eigenvalue weighted by Gasteiger charge is -2.22. The predicted octanol–water partition coefficient (Wildman–Crippen LogP) is 3.18. The molecule has 1 aromatic heterocycles. The zero-order valence-electron chi connectivity index (χ0n) is 15.5. The fraction of sp³-hybridized carbons (Fsp3) is 0.316. The number of nitrogens with zero attached hydrogens (tertiary/aromatic N) is 3. The lowest BCUT2D eigenvalue weighted by molar-refractivity contribution is 0.0954. The van der Waals surface area contributed by atoms with Crippen LogP contribution >= 0.6 is 35.6 Å². The molecule has 0 fully saturated rings. The zero-order valence-corrected chi connectivity index (χ0v) is 18.6. The molecule has 2 rings (SSSR count). The summed E-state index contributed by atoms with van der Waals surface area (Å²) in [4.78, 5) is 22.5. The van der Waals surface area contributed by atoms with Crippen LogP contribution in [0, 0.1) is 0 Å². The number of halogens is 2. The van der Waals surface area contributed by atoms with E-state index >= 15 is 0 Å². The van der Waals surface area contributed by atoms with Crippen molar-refractivity contribution < 1.29 is 4.79 Å². The first-order valence-electron chi connectivity index (χ1n) is 8.52. The Labute approximate surface area is 182 Å². The second-order valence-electron chi connectivity index (χ2n) is 5.72. The number of aromatic nitrogens is 1. The van der Waals surface area contributed by atoms with Gasteiger partial charge < -0.3 is 15.5 Å². The van der Waals surface area contributed by atoms with Gasteiger partial charge in [-0.05, 0) is 36.8 Å². The smallest absolute Gasteiger partial charge is 0.252 e. The molecule has 0 saturated heterocycles. The number of nitrogens with one attached hydrogen (secondary N) is 2. The third kappa shape index (κ3) is 8.13.